The summed E-state index contributed by atoms with van der Waals surface area (Å²) in [6, 6.07) is 9.74. The van der Waals surface area contributed by atoms with Crippen LogP contribution in [0.2, 0.25) is 0 Å². The van der Waals surface area contributed by atoms with Gasteiger partial charge in [0.15, 0.2) is 5.65 Å². The van der Waals surface area contributed by atoms with Crippen LogP contribution < -0.4 is 5.32 Å². The van der Waals surface area contributed by atoms with Crippen LogP contribution in [0, 0.1) is 13.8 Å². The molecule has 2 aromatic heterocycles. The van der Waals surface area contributed by atoms with Crippen LogP contribution in [0.1, 0.15) is 34.2 Å². The van der Waals surface area contributed by atoms with Crippen molar-refractivity contribution in [2.24, 2.45) is 0 Å². The first kappa shape index (κ1) is 16.2. The molecule has 0 aliphatic carbocycles. The number of fused-ring (bicyclic) bond motifs is 1. The number of aryl methyl sites for hydroxylation is 3. The minimum absolute atomic E-state index is 0.0425. The lowest BCUT2D eigenvalue weighted by Gasteiger charge is -2.08. The van der Waals surface area contributed by atoms with Gasteiger partial charge in [0.2, 0.25) is 0 Å². The van der Waals surface area contributed by atoms with Crippen molar-refractivity contribution in [2.45, 2.75) is 33.7 Å². The SMILES string of the molecule is CCn1c(CCNC(=O)c2cc(C)cc(C)c2)nc2cccnc21. The first-order chi connectivity index (χ1) is 11.6. The van der Waals surface area contributed by atoms with E-state index in [1.807, 2.05) is 38.1 Å². The molecular formula is C19H22N4O. The summed E-state index contributed by atoms with van der Waals surface area (Å²) in [5.41, 5.74) is 4.70. The second-order valence-electron chi connectivity index (χ2n) is 6.00. The number of carbonyl (C=O) groups is 1. The molecule has 5 nitrogen and oxygen atoms in total. The molecule has 0 aliphatic heterocycles. The summed E-state index contributed by atoms with van der Waals surface area (Å²) in [6.45, 7) is 7.44. The summed E-state index contributed by atoms with van der Waals surface area (Å²) in [4.78, 5) is 21.3. The van der Waals surface area contributed by atoms with Crippen LogP contribution in [0.4, 0.5) is 0 Å². The Labute approximate surface area is 141 Å². The molecule has 0 bridgehead atoms. The van der Waals surface area contributed by atoms with Gasteiger partial charge in [-0.25, -0.2) is 9.97 Å². The molecule has 0 spiro atoms. The first-order valence-electron chi connectivity index (χ1n) is 8.25. The van der Waals surface area contributed by atoms with Crippen LogP contribution in [0.25, 0.3) is 11.2 Å². The highest BCUT2D eigenvalue weighted by molar-refractivity contribution is 5.94. The van der Waals surface area contributed by atoms with E-state index in [2.05, 4.69) is 32.8 Å². The third kappa shape index (κ3) is 3.30. The molecule has 0 unspecified atom stereocenters. The van der Waals surface area contributed by atoms with Gasteiger partial charge in [-0.1, -0.05) is 17.2 Å². The van der Waals surface area contributed by atoms with Crippen molar-refractivity contribution < 1.29 is 4.79 Å². The van der Waals surface area contributed by atoms with E-state index in [0.29, 0.717) is 18.5 Å². The molecule has 1 amide bonds. The molecule has 3 aromatic rings. The number of nitrogens with one attached hydrogen (secondary N) is 1. The molecular weight excluding hydrogens is 300 g/mol. The van der Waals surface area contributed by atoms with Gasteiger partial charge in [-0.3, -0.25) is 4.79 Å². The number of imidazole rings is 1. The fraction of sp³-hybridized carbons (Fsp3) is 0.316. The van der Waals surface area contributed by atoms with E-state index in [9.17, 15) is 4.79 Å². The fourth-order valence-corrected chi connectivity index (χ4v) is 3.02. The quantitative estimate of drug-likeness (QED) is 0.785. The van der Waals surface area contributed by atoms with Crippen molar-refractivity contribution in [3.05, 3.63) is 59.0 Å². The Kier molecular flexibility index (Phi) is 4.60. The number of aromatic nitrogens is 3. The van der Waals surface area contributed by atoms with Crippen LogP contribution in [0.5, 0.6) is 0 Å². The second kappa shape index (κ2) is 6.83. The zero-order valence-corrected chi connectivity index (χ0v) is 14.3. The molecule has 2 heterocycles. The Balaban J connectivity index is 1.69. The number of hydrogen-bond donors (Lipinski definition) is 1. The summed E-state index contributed by atoms with van der Waals surface area (Å²) in [6.07, 6.45) is 2.46. The average molecular weight is 322 g/mol. The predicted molar refractivity (Wildman–Crippen MR) is 95.2 cm³/mol. The van der Waals surface area contributed by atoms with Gasteiger partial charge in [0.1, 0.15) is 11.3 Å². The van der Waals surface area contributed by atoms with Gasteiger partial charge in [-0.15, -0.1) is 0 Å². The minimum atomic E-state index is -0.0425. The fourth-order valence-electron chi connectivity index (χ4n) is 3.02. The Morgan fingerprint density at radius 1 is 1.21 bits per heavy atom. The highest BCUT2D eigenvalue weighted by Crippen LogP contribution is 2.14. The zero-order valence-electron chi connectivity index (χ0n) is 14.3. The van der Waals surface area contributed by atoms with E-state index in [-0.39, 0.29) is 5.91 Å². The van der Waals surface area contributed by atoms with Crippen molar-refractivity contribution in [3.8, 4) is 0 Å². The minimum Gasteiger partial charge on any atom is -0.352 e. The highest BCUT2D eigenvalue weighted by atomic mass is 16.1. The Morgan fingerprint density at radius 3 is 2.67 bits per heavy atom. The molecule has 0 aliphatic rings. The van der Waals surface area contributed by atoms with Gasteiger partial charge in [0.05, 0.1) is 0 Å². The third-order valence-electron chi connectivity index (χ3n) is 4.02. The van der Waals surface area contributed by atoms with Crippen LogP contribution in [-0.2, 0) is 13.0 Å². The van der Waals surface area contributed by atoms with Gasteiger partial charge in [-0.05, 0) is 45.0 Å². The van der Waals surface area contributed by atoms with Crippen LogP contribution in [0.3, 0.4) is 0 Å². The van der Waals surface area contributed by atoms with E-state index in [1.165, 1.54) is 0 Å². The van der Waals surface area contributed by atoms with Gasteiger partial charge in [0.25, 0.3) is 5.91 Å². The predicted octanol–water partition coefficient (Wildman–Crippen LogP) is 3.04. The van der Waals surface area contributed by atoms with Gasteiger partial charge in [0, 0.05) is 31.3 Å². The second-order valence-corrected chi connectivity index (χ2v) is 6.00. The summed E-state index contributed by atoms with van der Waals surface area (Å²) in [5.74, 6) is 0.908. The summed E-state index contributed by atoms with van der Waals surface area (Å²) in [5, 5.41) is 2.98. The lowest BCUT2D eigenvalue weighted by Crippen LogP contribution is -2.26. The largest absolute Gasteiger partial charge is 0.352 e. The highest BCUT2D eigenvalue weighted by Gasteiger charge is 2.11. The number of benzene rings is 1. The maximum atomic E-state index is 12.3. The van der Waals surface area contributed by atoms with E-state index in [0.717, 1.165) is 34.7 Å². The van der Waals surface area contributed by atoms with Crippen molar-refractivity contribution in [1.82, 2.24) is 19.9 Å². The Morgan fingerprint density at radius 2 is 1.96 bits per heavy atom. The Bertz CT molecular complexity index is 862. The first-order valence-corrected chi connectivity index (χ1v) is 8.25. The maximum absolute atomic E-state index is 12.3. The maximum Gasteiger partial charge on any atom is 0.251 e. The molecule has 0 fully saturated rings. The number of rotatable bonds is 5. The number of hydrogen-bond acceptors (Lipinski definition) is 3. The smallest absolute Gasteiger partial charge is 0.251 e. The summed E-state index contributed by atoms with van der Waals surface area (Å²) in [7, 11) is 0. The van der Waals surface area contributed by atoms with Crippen molar-refractivity contribution in [3.63, 3.8) is 0 Å². The van der Waals surface area contributed by atoms with Gasteiger partial charge >= 0.3 is 0 Å². The molecule has 0 atom stereocenters. The van der Waals surface area contributed by atoms with E-state index in [1.54, 1.807) is 6.20 Å². The monoisotopic (exact) mass is 322 g/mol. The van der Waals surface area contributed by atoms with E-state index < -0.39 is 0 Å². The van der Waals surface area contributed by atoms with E-state index in [4.69, 9.17) is 0 Å². The lowest BCUT2D eigenvalue weighted by molar-refractivity contribution is 0.0953. The molecule has 124 valence electrons. The van der Waals surface area contributed by atoms with Crippen molar-refractivity contribution in [1.29, 1.82) is 0 Å². The molecule has 0 saturated carbocycles. The third-order valence-corrected chi connectivity index (χ3v) is 4.02. The zero-order chi connectivity index (χ0) is 17.1. The Hall–Kier alpha value is -2.69. The van der Waals surface area contributed by atoms with Crippen molar-refractivity contribution in [2.75, 3.05) is 6.54 Å². The molecule has 0 saturated heterocycles. The molecule has 1 N–H and O–H groups in total. The normalized spacial score (nSPS) is 11.0. The number of carbonyl (C=O) groups excluding carboxylic acids is 1. The van der Waals surface area contributed by atoms with Gasteiger partial charge < -0.3 is 9.88 Å². The lowest BCUT2D eigenvalue weighted by atomic mass is 10.1. The molecule has 0 radical (unpaired) electrons. The number of nitrogens with zero attached hydrogens (tertiary/aromatic N) is 3. The molecule has 1 aromatic carbocycles. The standard InChI is InChI=1S/C19H22N4O/c1-4-23-17(22-16-6-5-8-20-18(16)23)7-9-21-19(24)15-11-13(2)10-14(3)12-15/h5-6,8,10-12H,4,7,9H2,1-3H3,(H,21,24). The molecule has 3 rings (SSSR count). The average Bonchev–Trinajstić information content (AvgIpc) is 2.91. The van der Waals surface area contributed by atoms with E-state index >= 15 is 0 Å². The van der Waals surface area contributed by atoms with Crippen LogP contribution >= 0.6 is 0 Å². The summed E-state index contributed by atoms with van der Waals surface area (Å²) < 4.78 is 2.10. The number of pyridine rings is 1. The van der Waals surface area contributed by atoms with Gasteiger partial charge in [-0.2, -0.15) is 0 Å². The number of amides is 1. The summed E-state index contributed by atoms with van der Waals surface area (Å²) >= 11 is 0. The molecule has 24 heavy (non-hydrogen) atoms. The van der Waals surface area contributed by atoms with Crippen LogP contribution in [-0.4, -0.2) is 27.0 Å². The molecule has 5 heteroatoms. The topological polar surface area (TPSA) is 59.8 Å². The van der Waals surface area contributed by atoms with Crippen molar-refractivity contribution >= 4 is 17.1 Å². The van der Waals surface area contributed by atoms with Crippen LogP contribution in [0.15, 0.2) is 36.5 Å².